The normalized spacial score (nSPS) is 13.4. The number of carbonyl (C=O) groups excluding carboxylic acids is 3. The smallest absolute Gasteiger partial charge is 0.408 e. The van der Waals surface area contributed by atoms with Gasteiger partial charge in [-0.15, -0.1) is 6.42 Å². The van der Waals surface area contributed by atoms with E-state index in [-0.39, 0.29) is 12.5 Å². The van der Waals surface area contributed by atoms with Crippen LogP contribution in [0.1, 0.15) is 83.5 Å². The van der Waals surface area contributed by atoms with E-state index in [2.05, 4.69) is 16.6 Å². The molecule has 7 nitrogen and oxygen atoms in total. The van der Waals surface area contributed by atoms with Crippen molar-refractivity contribution in [3.63, 3.8) is 0 Å². The van der Waals surface area contributed by atoms with Crippen LogP contribution in [0.4, 0.5) is 10.5 Å². The molecule has 0 saturated heterocycles. The van der Waals surface area contributed by atoms with Crippen molar-refractivity contribution in [1.82, 2.24) is 10.2 Å². The van der Waals surface area contributed by atoms with E-state index >= 15 is 0 Å². The van der Waals surface area contributed by atoms with Crippen molar-refractivity contribution < 1.29 is 19.1 Å². The molecule has 2 aromatic rings. The number of halogens is 1. The van der Waals surface area contributed by atoms with Crippen molar-refractivity contribution in [3.8, 4) is 12.3 Å². The summed E-state index contributed by atoms with van der Waals surface area (Å²) in [5, 5.41) is 6.11. The molecule has 40 heavy (non-hydrogen) atoms. The summed E-state index contributed by atoms with van der Waals surface area (Å²) in [5.74, 6) is 1.57. The number of terminal acetylenes is 1. The van der Waals surface area contributed by atoms with Gasteiger partial charge in [-0.2, -0.15) is 0 Å². The maximum absolute atomic E-state index is 14.4. The molecule has 0 aromatic heterocycles. The lowest BCUT2D eigenvalue weighted by Gasteiger charge is -2.36. The average molecular weight is 568 g/mol. The molecule has 2 aromatic carbocycles. The third-order valence-corrected chi connectivity index (χ3v) is 6.94. The van der Waals surface area contributed by atoms with Crippen LogP contribution in [0.3, 0.4) is 0 Å². The van der Waals surface area contributed by atoms with E-state index in [9.17, 15) is 14.4 Å². The number of para-hydroxylation sites is 1. The van der Waals surface area contributed by atoms with E-state index < -0.39 is 35.6 Å². The van der Waals surface area contributed by atoms with Gasteiger partial charge in [0.15, 0.2) is 0 Å². The summed E-state index contributed by atoms with van der Waals surface area (Å²) in [6.45, 7) is 13.2. The van der Waals surface area contributed by atoms with Crippen molar-refractivity contribution in [3.05, 3.63) is 64.2 Å². The van der Waals surface area contributed by atoms with Crippen molar-refractivity contribution in [1.29, 1.82) is 0 Å². The predicted molar refractivity (Wildman–Crippen MR) is 161 cm³/mol. The van der Waals surface area contributed by atoms with Gasteiger partial charge in [0.25, 0.3) is 5.91 Å². The Hall–Kier alpha value is -3.50. The largest absolute Gasteiger partial charge is 0.444 e. The molecule has 0 saturated carbocycles. The number of unbranched alkanes of at least 4 members (excludes halogenated alkanes) is 1. The topological polar surface area (TPSA) is 87.7 Å². The van der Waals surface area contributed by atoms with Crippen molar-refractivity contribution in [2.24, 2.45) is 5.92 Å². The number of amides is 3. The van der Waals surface area contributed by atoms with Gasteiger partial charge in [0.05, 0.1) is 10.7 Å². The van der Waals surface area contributed by atoms with Crippen LogP contribution in [0.5, 0.6) is 0 Å². The molecular weight excluding hydrogens is 526 g/mol. The molecule has 0 bridgehead atoms. The number of hydrogen-bond donors (Lipinski definition) is 2. The van der Waals surface area contributed by atoms with Crippen LogP contribution in [0.2, 0.25) is 5.02 Å². The van der Waals surface area contributed by atoms with Crippen LogP contribution in [-0.2, 0) is 14.3 Å². The van der Waals surface area contributed by atoms with Gasteiger partial charge in [-0.1, -0.05) is 81.5 Å². The Morgan fingerprint density at radius 3 is 2.35 bits per heavy atom. The van der Waals surface area contributed by atoms with E-state index in [0.717, 1.165) is 12.0 Å². The molecular formula is C32H42ClN3O4. The van der Waals surface area contributed by atoms with Gasteiger partial charge in [0.1, 0.15) is 17.7 Å². The SMILES string of the molecule is C#Cc1ccccc1C(C(=O)Nc1c(C)cccc1Cl)N(CCCC)C(=O)C(NC(=O)OC(C)(C)C)C(C)CC. The van der Waals surface area contributed by atoms with Crippen LogP contribution >= 0.6 is 11.6 Å². The van der Waals surface area contributed by atoms with Gasteiger partial charge >= 0.3 is 6.09 Å². The number of alkyl carbamates (subject to hydrolysis) is 1. The monoisotopic (exact) mass is 567 g/mol. The van der Waals surface area contributed by atoms with Crippen LogP contribution in [0, 0.1) is 25.2 Å². The van der Waals surface area contributed by atoms with E-state index in [1.54, 1.807) is 57.2 Å². The number of nitrogens with one attached hydrogen (secondary N) is 2. The van der Waals surface area contributed by atoms with E-state index in [4.69, 9.17) is 22.8 Å². The minimum atomic E-state index is -1.08. The molecule has 0 fully saturated rings. The lowest BCUT2D eigenvalue weighted by atomic mass is 9.94. The van der Waals surface area contributed by atoms with Crippen LogP contribution in [0.15, 0.2) is 42.5 Å². The Morgan fingerprint density at radius 2 is 1.77 bits per heavy atom. The molecule has 8 heteroatoms. The lowest BCUT2D eigenvalue weighted by molar-refractivity contribution is -0.142. The molecule has 2 rings (SSSR count). The first-order valence-corrected chi connectivity index (χ1v) is 14.1. The summed E-state index contributed by atoms with van der Waals surface area (Å²) in [6, 6.07) is 10.4. The highest BCUT2D eigenvalue weighted by Crippen LogP contribution is 2.31. The second-order valence-corrected chi connectivity index (χ2v) is 11.4. The summed E-state index contributed by atoms with van der Waals surface area (Å²) >= 11 is 6.44. The van der Waals surface area contributed by atoms with Crippen LogP contribution in [-0.4, -0.2) is 41.0 Å². The summed E-state index contributed by atoms with van der Waals surface area (Å²) in [5.41, 5.74) is 1.51. The Balaban J connectivity index is 2.65. The molecule has 0 aliphatic heterocycles. The van der Waals surface area contributed by atoms with Crippen LogP contribution in [0.25, 0.3) is 0 Å². The molecule has 0 aliphatic carbocycles. The van der Waals surface area contributed by atoms with E-state index in [0.29, 0.717) is 34.7 Å². The Bertz CT molecular complexity index is 1210. The molecule has 0 radical (unpaired) electrons. The highest BCUT2D eigenvalue weighted by Gasteiger charge is 2.38. The Kier molecular flexibility index (Phi) is 12.1. The highest BCUT2D eigenvalue weighted by atomic mass is 35.5. The molecule has 216 valence electrons. The first-order valence-electron chi connectivity index (χ1n) is 13.8. The zero-order valence-electron chi connectivity index (χ0n) is 24.6. The quantitative estimate of drug-likeness (QED) is 0.290. The molecule has 3 atom stereocenters. The number of rotatable bonds is 11. The second-order valence-electron chi connectivity index (χ2n) is 10.9. The van der Waals surface area contributed by atoms with E-state index in [1.165, 1.54) is 4.90 Å². The zero-order valence-corrected chi connectivity index (χ0v) is 25.4. The van der Waals surface area contributed by atoms with Gasteiger partial charge in [0, 0.05) is 12.1 Å². The maximum Gasteiger partial charge on any atom is 0.408 e. The first-order chi connectivity index (χ1) is 18.8. The Labute approximate surface area is 244 Å². The minimum absolute atomic E-state index is 0.235. The summed E-state index contributed by atoms with van der Waals surface area (Å²) in [7, 11) is 0. The molecule has 0 aliphatic rings. The molecule has 0 heterocycles. The number of ether oxygens (including phenoxy) is 1. The molecule has 0 spiro atoms. The Morgan fingerprint density at radius 1 is 1.10 bits per heavy atom. The summed E-state index contributed by atoms with van der Waals surface area (Å²) in [6.07, 6.45) is 7.18. The number of nitrogens with zero attached hydrogens (tertiary/aromatic N) is 1. The third-order valence-electron chi connectivity index (χ3n) is 6.63. The third kappa shape index (κ3) is 8.76. The summed E-state index contributed by atoms with van der Waals surface area (Å²) < 4.78 is 5.47. The van der Waals surface area contributed by atoms with Crippen molar-refractivity contribution in [2.75, 3.05) is 11.9 Å². The fourth-order valence-electron chi connectivity index (χ4n) is 4.29. The van der Waals surface area contributed by atoms with Crippen LogP contribution < -0.4 is 10.6 Å². The van der Waals surface area contributed by atoms with Crippen molar-refractivity contribution >= 4 is 35.2 Å². The van der Waals surface area contributed by atoms with Gasteiger partial charge in [0.2, 0.25) is 5.91 Å². The average Bonchev–Trinajstić information content (AvgIpc) is 2.90. The van der Waals surface area contributed by atoms with E-state index in [1.807, 2.05) is 33.8 Å². The van der Waals surface area contributed by atoms with Gasteiger partial charge in [-0.25, -0.2) is 4.79 Å². The van der Waals surface area contributed by atoms with Gasteiger partial charge in [-0.3, -0.25) is 9.59 Å². The summed E-state index contributed by atoms with van der Waals surface area (Å²) in [4.78, 5) is 42.8. The van der Waals surface area contributed by atoms with Gasteiger partial charge in [-0.05, 0) is 63.3 Å². The van der Waals surface area contributed by atoms with Gasteiger partial charge < -0.3 is 20.3 Å². The predicted octanol–water partition coefficient (Wildman–Crippen LogP) is 6.88. The maximum atomic E-state index is 14.4. The first kappa shape index (κ1) is 32.7. The number of carbonyl (C=O) groups is 3. The van der Waals surface area contributed by atoms with Crippen molar-refractivity contribution in [2.45, 2.75) is 85.4 Å². The lowest BCUT2D eigenvalue weighted by Crippen LogP contribution is -2.55. The molecule has 3 amide bonds. The number of hydrogen-bond acceptors (Lipinski definition) is 4. The fourth-order valence-corrected chi connectivity index (χ4v) is 4.56. The zero-order chi connectivity index (χ0) is 30.0. The molecule has 2 N–H and O–H groups in total. The molecule has 3 unspecified atom stereocenters. The number of benzene rings is 2. The fraction of sp³-hybridized carbons (Fsp3) is 0.469. The number of anilines is 1. The highest BCUT2D eigenvalue weighted by molar-refractivity contribution is 6.34. The second kappa shape index (κ2) is 14.8. The standard InChI is InChI=1S/C32H42ClN3O4/c1-9-12-20-36(30(38)27(21(4)10-2)35-31(39)40-32(6,7)8)28(24-18-14-13-17-23(24)11-3)29(37)34-26-22(5)16-15-19-25(26)33/h3,13-19,21,27-28H,9-10,12,20H2,1-2,4-8H3,(H,34,37)(H,35,39). The minimum Gasteiger partial charge on any atom is -0.444 e. The number of aryl methyl sites for hydroxylation is 1.